The number of anilines is 1. The molecule has 2 aromatic carbocycles. The Morgan fingerprint density at radius 3 is 2.30 bits per heavy atom. The van der Waals surface area contributed by atoms with Gasteiger partial charge in [0.1, 0.15) is 0 Å². The Balaban J connectivity index is 1.68. The average Bonchev–Trinajstić information content (AvgIpc) is 3.29. The van der Waals surface area contributed by atoms with Crippen LogP contribution in [0.25, 0.3) is 0 Å². The molecule has 2 aromatic rings. The normalized spacial score (nSPS) is 14.4. The predicted molar refractivity (Wildman–Crippen MR) is 117 cm³/mol. The number of amides is 2. The van der Waals surface area contributed by atoms with E-state index in [0.29, 0.717) is 42.0 Å². The van der Waals surface area contributed by atoms with Crippen LogP contribution in [0.15, 0.2) is 48.5 Å². The number of sulfonamides is 1. The molecular weight excluding hydrogens is 402 g/mol. The molecular formula is C22H27N3O4S. The van der Waals surface area contributed by atoms with Crippen LogP contribution in [0.1, 0.15) is 52.5 Å². The number of benzene rings is 2. The fourth-order valence-corrected chi connectivity index (χ4v) is 4.95. The van der Waals surface area contributed by atoms with Gasteiger partial charge in [0.15, 0.2) is 0 Å². The Morgan fingerprint density at radius 1 is 0.967 bits per heavy atom. The third-order valence-electron chi connectivity index (χ3n) is 4.98. The van der Waals surface area contributed by atoms with Gasteiger partial charge in [-0.25, -0.2) is 12.7 Å². The molecule has 1 heterocycles. The van der Waals surface area contributed by atoms with Gasteiger partial charge in [-0.15, -0.1) is 0 Å². The standard InChI is InChI=1S/C22H27N3O4S/c1-2-13-23-22(27)19-7-3-4-8-20(19)24-21(26)18-11-9-17(10-12-18)16-30(28,29)25-14-5-6-15-25/h3-4,7-12H,2,5-6,13-16H2,1H3,(H,23,27)(H,24,26). The Bertz CT molecular complexity index is 997. The fourth-order valence-electron chi connectivity index (χ4n) is 3.34. The Labute approximate surface area is 177 Å². The van der Waals surface area contributed by atoms with E-state index in [1.54, 1.807) is 48.5 Å². The summed E-state index contributed by atoms with van der Waals surface area (Å²) in [4.78, 5) is 24.9. The summed E-state index contributed by atoms with van der Waals surface area (Å²) in [5.41, 5.74) is 1.85. The maximum absolute atomic E-state index is 12.6. The summed E-state index contributed by atoms with van der Waals surface area (Å²) in [6.07, 6.45) is 2.62. The number of nitrogens with zero attached hydrogens (tertiary/aromatic N) is 1. The van der Waals surface area contributed by atoms with Crippen molar-refractivity contribution in [1.29, 1.82) is 0 Å². The second kappa shape index (κ2) is 9.86. The van der Waals surface area contributed by atoms with Crippen LogP contribution < -0.4 is 10.6 Å². The van der Waals surface area contributed by atoms with Gasteiger partial charge in [0.05, 0.1) is 17.0 Å². The van der Waals surface area contributed by atoms with E-state index in [9.17, 15) is 18.0 Å². The van der Waals surface area contributed by atoms with Crippen LogP contribution >= 0.6 is 0 Å². The van der Waals surface area contributed by atoms with Crippen LogP contribution in [0.3, 0.4) is 0 Å². The van der Waals surface area contributed by atoms with Crippen molar-refractivity contribution in [3.63, 3.8) is 0 Å². The summed E-state index contributed by atoms with van der Waals surface area (Å²) in [5, 5.41) is 5.57. The first-order chi connectivity index (χ1) is 14.4. The maximum atomic E-state index is 12.6. The first kappa shape index (κ1) is 22.0. The molecule has 1 aliphatic heterocycles. The van der Waals surface area contributed by atoms with E-state index in [4.69, 9.17) is 0 Å². The molecule has 0 atom stereocenters. The molecule has 0 spiro atoms. The minimum atomic E-state index is -3.33. The lowest BCUT2D eigenvalue weighted by atomic mass is 10.1. The zero-order chi connectivity index (χ0) is 21.6. The molecule has 0 saturated carbocycles. The van der Waals surface area contributed by atoms with E-state index in [1.165, 1.54) is 4.31 Å². The van der Waals surface area contributed by atoms with Crippen molar-refractivity contribution in [2.24, 2.45) is 0 Å². The van der Waals surface area contributed by atoms with Gasteiger partial charge in [0.2, 0.25) is 10.0 Å². The van der Waals surface area contributed by atoms with Crippen LogP contribution in [0.4, 0.5) is 5.69 Å². The first-order valence-electron chi connectivity index (χ1n) is 10.2. The van der Waals surface area contributed by atoms with Crippen LogP contribution in [-0.4, -0.2) is 44.2 Å². The number of carbonyl (C=O) groups excluding carboxylic acids is 2. The van der Waals surface area contributed by atoms with Gasteiger partial charge >= 0.3 is 0 Å². The molecule has 2 amide bonds. The first-order valence-corrected chi connectivity index (χ1v) is 11.8. The molecule has 7 nitrogen and oxygen atoms in total. The third-order valence-corrected chi connectivity index (χ3v) is 6.83. The van der Waals surface area contributed by atoms with Crippen LogP contribution in [0, 0.1) is 0 Å². The highest BCUT2D eigenvalue weighted by Crippen LogP contribution is 2.19. The summed E-state index contributed by atoms with van der Waals surface area (Å²) in [5.74, 6) is -0.676. The molecule has 1 fully saturated rings. The molecule has 3 rings (SSSR count). The monoisotopic (exact) mass is 429 g/mol. The molecule has 1 aliphatic rings. The lowest BCUT2D eigenvalue weighted by Crippen LogP contribution is -2.29. The van der Waals surface area contributed by atoms with Crippen molar-refractivity contribution in [3.05, 3.63) is 65.2 Å². The van der Waals surface area contributed by atoms with E-state index in [-0.39, 0.29) is 17.6 Å². The summed E-state index contributed by atoms with van der Waals surface area (Å²) in [6.45, 7) is 3.68. The van der Waals surface area contributed by atoms with E-state index in [2.05, 4.69) is 10.6 Å². The second-order valence-corrected chi connectivity index (χ2v) is 9.28. The van der Waals surface area contributed by atoms with Gasteiger partial charge < -0.3 is 10.6 Å². The van der Waals surface area contributed by atoms with E-state index < -0.39 is 10.0 Å². The number of nitrogens with one attached hydrogen (secondary N) is 2. The molecule has 0 radical (unpaired) electrons. The lowest BCUT2D eigenvalue weighted by Gasteiger charge is -2.15. The van der Waals surface area contributed by atoms with Crippen molar-refractivity contribution in [2.75, 3.05) is 25.0 Å². The third kappa shape index (κ3) is 5.46. The SMILES string of the molecule is CCCNC(=O)c1ccccc1NC(=O)c1ccc(CS(=O)(=O)N2CCCC2)cc1. The van der Waals surface area contributed by atoms with Gasteiger partial charge in [-0.3, -0.25) is 9.59 Å². The average molecular weight is 430 g/mol. The van der Waals surface area contributed by atoms with Crippen molar-refractivity contribution in [3.8, 4) is 0 Å². The molecule has 0 aliphatic carbocycles. The number of para-hydroxylation sites is 1. The summed E-state index contributed by atoms with van der Waals surface area (Å²) >= 11 is 0. The molecule has 0 aromatic heterocycles. The van der Waals surface area contributed by atoms with Gasteiger partial charge in [0, 0.05) is 25.2 Å². The zero-order valence-electron chi connectivity index (χ0n) is 17.1. The summed E-state index contributed by atoms with van der Waals surface area (Å²) in [6, 6.07) is 13.3. The lowest BCUT2D eigenvalue weighted by molar-refractivity contribution is 0.0954. The van der Waals surface area contributed by atoms with Crippen LogP contribution in [-0.2, 0) is 15.8 Å². The quantitative estimate of drug-likeness (QED) is 0.674. The highest BCUT2D eigenvalue weighted by atomic mass is 32.2. The molecule has 0 bridgehead atoms. The van der Waals surface area contributed by atoms with Crippen molar-refractivity contribution < 1.29 is 18.0 Å². The largest absolute Gasteiger partial charge is 0.352 e. The Kier molecular flexibility index (Phi) is 7.23. The number of carbonyl (C=O) groups is 2. The molecule has 0 unspecified atom stereocenters. The van der Waals surface area contributed by atoms with E-state index in [1.807, 2.05) is 6.92 Å². The van der Waals surface area contributed by atoms with Gasteiger partial charge in [-0.05, 0) is 49.1 Å². The highest BCUT2D eigenvalue weighted by molar-refractivity contribution is 7.88. The topological polar surface area (TPSA) is 95.6 Å². The van der Waals surface area contributed by atoms with Crippen LogP contribution in [0.5, 0.6) is 0 Å². The van der Waals surface area contributed by atoms with Gasteiger partial charge in [-0.1, -0.05) is 31.2 Å². The predicted octanol–water partition coefficient (Wildman–Crippen LogP) is 3.00. The molecule has 1 saturated heterocycles. The van der Waals surface area contributed by atoms with Gasteiger partial charge in [-0.2, -0.15) is 0 Å². The smallest absolute Gasteiger partial charge is 0.255 e. The highest BCUT2D eigenvalue weighted by Gasteiger charge is 2.25. The van der Waals surface area contributed by atoms with Crippen LogP contribution in [0.2, 0.25) is 0 Å². The number of rotatable bonds is 8. The minimum absolute atomic E-state index is 0.0741. The van der Waals surface area contributed by atoms with E-state index >= 15 is 0 Å². The number of hydrogen-bond donors (Lipinski definition) is 2. The van der Waals surface area contributed by atoms with Crippen molar-refractivity contribution in [2.45, 2.75) is 31.9 Å². The second-order valence-electron chi connectivity index (χ2n) is 7.31. The number of hydrogen-bond acceptors (Lipinski definition) is 4. The Morgan fingerprint density at radius 2 is 1.63 bits per heavy atom. The molecule has 2 N–H and O–H groups in total. The van der Waals surface area contributed by atoms with Crippen molar-refractivity contribution >= 4 is 27.5 Å². The fraction of sp³-hybridized carbons (Fsp3) is 0.364. The zero-order valence-corrected chi connectivity index (χ0v) is 17.9. The van der Waals surface area contributed by atoms with Crippen molar-refractivity contribution in [1.82, 2.24) is 9.62 Å². The molecule has 30 heavy (non-hydrogen) atoms. The molecule has 160 valence electrons. The molecule has 8 heteroatoms. The Hall–Kier alpha value is -2.71. The summed E-state index contributed by atoms with van der Waals surface area (Å²) < 4.78 is 26.4. The minimum Gasteiger partial charge on any atom is -0.352 e. The van der Waals surface area contributed by atoms with E-state index in [0.717, 1.165) is 19.3 Å². The summed E-state index contributed by atoms with van der Waals surface area (Å²) in [7, 11) is -3.33. The van der Waals surface area contributed by atoms with Gasteiger partial charge in [0.25, 0.3) is 11.8 Å². The maximum Gasteiger partial charge on any atom is 0.255 e.